The molecule has 0 spiro atoms. The summed E-state index contributed by atoms with van der Waals surface area (Å²) in [5.74, 6) is 2.32. The second-order valence-electron chi connectivity index (χ2n) is 5.66. The van der Waals surface area contributed by atoms with Gasteiger partial charge in [-0.15, -0.1) is 5.10 Å². The normalized spacial score (nSPS) is 10.3. The molecule has 0 saturated carbocycles. The minimum Gasteiger partial charge on any atom is -0.493 e. The molecule has 1 aromatic heterocycles. The predicted octanol–water partition coefficient (Wildman–Crippen LogP) is 3.94. The van der Waals surface area contributed by atoms with Crippen LogP contribution in [-0.4, -0.2) is 35.9 Å². The zero-order chi connectivity index (χ0) is 19.1. The lowest BCUT2D eigenvalue weighted by atomic mass is 10.1. The number of anilines is 3. The van der Waals surface area contributed by atoms with E-state index in [-0.39, 0.29) is 0 Å². The zero-order valence-corrected chi connectivity index (χ0v) is 15.8. The van der Waals surface area contributed by atoms with Crippen molar-refractivity contribution in [3.8, 4) is 11.5 Å². The van der Waals surface area contributed by atoms with Crippen molar-refractivity contribution in [3.05, 3.63) is 59.2 Å². The highest BCUT2D eigenvalue weighted by molar-refractivity contribution is 6.30. The molecular weight excluding hydrogens is 366 g/mol. The Balaban J connectivity index is 1.60. The number of benzene rings is 2. The molecule has 0 unspecified atom stereocenters. The second kappa shape index (κ2) is 9.05. The first kappa shape index (κ1) is 18.7. The smallest absolute Gasteiger partial charge is 0.244 e. The maximum absolute atomic E-state index is 5.90. The number of methoxy groups -OCH3 is 2. The van der Waals surface area contributed by atoms with E-state index in [1.165, 1.54) is 5.56 Å². The maximum Gasteiger partial charge on any atom is 0.244 e. The molecule has 2 aromatic carbocycles. The lowest BCUT2D eigenvalue weighted by molar-refractivity contribution is 0.355. The Morgan fingerprint density at radius 2 is 1.78 bits per heavy atom. The van der Waals surface area contributed by atoms with Gasteiger partial charge in [-0.05, 0) is 36.2 Å². The molecule has 0 aliphatic carbocycles. The molecule has 0 fully saturated rings. The Hall–Kier alpha value is -3.06. The van der Waals surface area contributed by atoms with Gasteiger partial charge in [0.1, 0.15) is 0 Å². The number of nitrogens with zero attached hydrogens (tertiary/aromatic N) is 3. The lowest BCUT2D eigenvalue weighted by Crippen LogP contribution is -2.09. The van der Waals surface area contributed by atoms with Gasteiger partial charge in [0.25, 0.3) is 0 Å². The summed E-state index contributed by atoms with van der Waals surface area (Å²) in [6.07, 6.45) is 2.38. The molecule has 0 atom stereocenters. The van der Waals surface area contributed by atoms with Gasteiger partial charge < -0.3 is 20.1 Å². The molecule has 0 amide bonds. The van der Waals surface area contributed by atoms with Crippen molar-refractivity contribution in [1.82, 2.24) is 15.2 Å². The van der Waals surface area contributed by atoms with Gasteiger partial charge in [-0.1, -0.05) is 23.7 Å². The molecule has 2 N–H and O–H groups in total. The summed E-state index contributed by atoms with van der Waals surface area (Å²) in [5, 5.41) is 15.1. The molecule has 0 bridgehead atoms. The second-order valence-corrected chi connectivity index (χ2v) is 6.10. The van der Waals surface area contributed by atoms with Gasteiger partial charge in [-0.25, -0.2) is 0 Å². The third-order valence-electron chi connectivity index (χ3n) is 3.82. The molecule has 0 aliphatic rings. The van der Waals surface area contributed by atoms with Crippen LogP contribution in [0.2, 0.25) is 5.02 Å². The van der Waals surface area contributed by atoms with Gasteiger partial charge in [-0.2, -0.15) is 10.1 Å². The number of aromatic nitrogens is 3. The molecule has 27 heavy (non-hydrogen) atoms. The van der Waals surface area contributed by atoms with Gasteiger partial charge in [0.05, 0.1) is 20.4 Å². The molecule has 0 radical (unpaired) electrons. The standard InChI is InChI=1S/C19H20ClN5O2/c1-26-16-8-7-15(11-17(16)27-2)23-18-12-22-25-19(24-18)21-10-9-13-3-5-14(20)6-4-13/h3-8,11-12H,9-10H2,1-2H3,(H2,21,23,24,25). The number of rotatable bonds is 8. The molecule has 0 aliphatic heterocycles. The molecule has 1 heterocycles. The van der Waals surface area contributed by atoms with Crippen LogP contribution in [0.3, 0.4) is 0 Å². The van der Waals surface area contributed by atoms with E-state index >= 15 is 0 Å². The maximum atomic E-state index is 5.90. The summed E-state index contributed by atoms with van der Waals surface area (Å²) in [5.41, 5.74) is 1.99. The average molecular weight is 386 g/mol. The molecule has 3 rings (SSSR count). The van der Waals surface area contributed by atoms with Crippen LogP contribution < -0.4 is 20.1 Å². The van der Waals surface area contributed by atoms with Gasteiger partial charge in [-0.3, -0.25) is 0 Å². The van der Waals surface area contributed by atoms with E-state index in [1.54, 1.807) is 20.4 Å². The van der Waals surface area contributed by atoms with Crippen molar-refractivity contribution >= 4 is 29.1 Å². The summed E-state index contributed by atoms with van der Waals surface area (Å²) >= 11 is 5.90. The molecule has 7 nitrogen and oxygen atoms in total. The Morgan fingerprint density at radius 1 is 1.00 bits per heavy atom. The number of hydrogen-bond acceptors (Lipinski definition) is 7. The van der Waals surface area contributed by atoms with Crippen LogP contribution in [0.5, 0.6) is 11.5 Å². The van der Waals surface area contributed by atoms with Crippen LogP contribution in [0, 0.1) is 0 Å². The van der Waals surface area contributed by atoms with Crippen LogP contribution in [0.4, 0.5) is 17.5 Å². The van der Waals surface area contributed by atoms with Crippen molar-refractivity contribution in [2.75, 3.05) is 31.4 Å². The topological polar surface area (TPSA) is 81.2 Å². The molecule has 0 saturated heterocycles. The van der Waals surface area contributed by atoms with Gasteiger partial charge in [0.2, 0.25) is 5.95 Å². The summed E-state index contributed by atoms with van der Waals surface area (Å²) in [7, 11) is 3.19. The Kier molecular flexibility index (Phi) is 6.27. The Bertz CT molecular complexity index is 890. The van der Waals surface area contributed by atoms with Crippen molar-refractivity contribution < 1.29 is 9.47 Å². The lowest BCUT2D eigenvalue weighted by Gasteiger charge is -2.11. The van der Waals surface area contributed by atoms with Crippen molar-refractivity contribution in [2.24, 2.45) is 0 Å². The Labute approximate surface area is 162 Å². The fourth-order valence-electron chi connectivity index (χ4n) is 2.47. The highest BCUT2D eigenvalue weighted by atomic mass is 35.5. The van der Waals surface area contributed by atoms with Crippen LogP contribution in [0.1, 0.15) is 5.56 Å². The van der Waals surface area contributed by atoms with Crippen LogP contribution in [0.25, 0.3) is 0 Å². The van der Waals surface area contributed by atoms with Gasteiger partial charge in [0.15, 0.2) is 17.3 Å². The van der Waals surface area contributed by atoms with Crippen molar-refractivity contribution in [3.63, 3.8) is 0 Å². The van der Waals surface area contributed by atoms with E-state index in [0.29, 0.717) is 29.8 Å². The van der Waals surface area contributed by atoms with E-state index in [9.17, 15) is 0 Å². The van der Waals surface area contributed by atoms with Crippen molar-refractivity contribution in [2.45, 2.75) is 6.42 Å². The quantitative estimate of drug-likeness (QED) is 0.607. The highest BCUT2D eigenvalue weighted by Crippen LogP contribution is 2.30. The average Bonchev–Trinajstić information content (AvgIpc) is 2.70. The number of hydrogen-bond donors (Lipinski definition) is 2. The first-order chi connectivity index (χ1) is 13.2. The summed E-state index contributed by atoms with van der Waals surface area (Å²) < 4.78 is 10.5. The third-order valence-corrected chi connectivity index (χ3v) is 4.08. The summed E-state index contributed by atoms with van der Waals surface area (Å²) in [6.45, 7) is 0.684. The van der Waals surface area contributed by atoms with Crippen LogP contribution in [-0.2, 0) is 6.42 Å². The molecular formula is C19H20ClN5O2. The number of halogens is 1. The minimum atomic E-state index is 0.453. The van der Waals surface area contributed by atoms with Crippen molar-refractivity contribution in [1.29, 1.82) is 0 Å². The van der Waals surface area contributed by atoms with E-state index < -0.39 is 0 Å². The first-order valence-electron chi connectivity index (χ1n) is 8.35. The highest BCUT2D eigenvalue weighted by Gasteiger charge is 2.06. The number of nitrogens with one attached hydrogen (secondary N) is 2. The van der Waals surface area contributed by atoms with E-state index in [4.69, 9.17) is 21.1 Å². The van der Waals surface area contributed by atoms with Gasteiger partial charge >= 0.3 is 0 Å². The molecule has 140 valence electrons. The summed E-state index contributed by atoms with van der Waals surface area (Å²) in [4.78, 5) is 4.42. The number of ether oxygens (including phenoxy) is 2. The van der Waals surface area contributed by atoms with E-state index in [2.05, 4.69) is 25.8 Å². The monoisotopic (exact) mass is 385 g/mol. The first-order valence-corrected chi connectivity index (χ1v) is 8.73. The third kappa shape index (κ3) is 5.21. The van der Waals surface area contributed by atoms with Crippen LogP contribution >= 0.6 is 11.6 Å². The fourth-order valence-corrected chi connectivity index (χ4v) is 2.60. The molecule has 8 heteroatoms. The summed E-state index contributed by atoms with van der Waals surface area (Å²) in [6, 6.07) is 13.3. The Morgan fingerprint density at radius 3 is 2.52 bits per heavy atom. The zero-order valence-electron chi connectivity index (χ0n) is 15.1. The predicted molar refractivity (Wildman–Crippen MR) is 106 cm³/mol. The largest absolute Gasteiger partial charge is 0.493 e. The van der Waals surface area contributed by atoms with Crippen LogP contribution in [0.15, 0.2) is 48.7 Å². The van der Waals surface area contributed by atoms with E-state index in [1.807, 2.05) is 42.5 Å². The molecule has 3 aromatic rings. The van der Waals surface area contributed by atoms with Gasteiger partial charge in [0, 0.05) is 23.3 Å². The van der Waals surface area contributed by atoms with E-state index in [0.717, 1.165) is 17.1 Å². The minimum absolute atomic E-state index is 0.453. The SMILES string of the molecule is COc1ccc(Nc2cnnc(NCCc3ccc(Cl)cc3)n2)cc1OC. The fraction of sp³-hybridized carbons (Fsp3) is 0.211.